The molecule has 3 heterocycles. The molecule has 8 heteroatoms. The highest BCUT2D eigenvalue weighted by molar-refractivity contribution is 7.22. The number of carbonyl (C=O) groups excluding carboxylic acids is 1. The molecule has 0 spiro atoms. The summed E-state index contributed by atoms with van der Waals surface area (Å²) in [7, 11) is 0. The monoisotopic (exact) mass is 511 g/mol. The maximum atomic E-state index is 13.7. The first-order chi connectivity index (χ1) is 17.6. The number of carbonyl (C=O) groups is 1. The lowest BCUT2D eigenvalue weighted by molar-refractivity contribution is 0.0555. The number of nitriles is 1. The van der Waals surface area contributed by atoms with Crippen LogP contribution in [0.25, 0.3) is 9.75 Å². The molecule has 1 saturated heterocycles. The number of nitrogens with one attached hydrogen (secondary N) is 1. The normalized spacial score (nSPS) is 16.0. The first-order valence-corrected chi connectivity index (χ1v) is 13.4. The number of aliphatic imine (C=N–C) groups is 1. The predicted molar refractivity (Wildman–Crippen MR) is 147 cm³/mol. The van der Waals surface area contributed by atoms with E-state index in [0.717, 1.165) is 26.6 Å². The number of hydrogen-bond acceptors (Lipinski definition) is 5. The van der Waals surface area contributed by atoms with Crippen molar-refractivity contribution in [2.24, 2.45) is 4.99 Å². The number of piperazine rings is 1. The Morgan fingerprint density at radius 2 is 1.81 bits per heavy atom. The zero-order valence-corrected chi connectivity index (χ0v) is 21.4. The molecule has 2 aromatic carbocycles. The number of benzene rings is 2. The van der Waals surface area contributed by atoms with E-state index in [1.165, 1.54) is 16.2 Å². The van der Waals surface area contributed by atoms with Crippen molar-refractivity contribution in [1.82, 2.24) is 9.80 Å². The minimum absolute atomic E-state index is 0.0296. The number of hydrogen-bond donors (Lipinski definition) is 1. The number of amides is 1. The van der Waals surface area contributed by atoms with Crippen LogP contribution in [0.4, 0.5) is 5.69 Å². The van der Waals surface area contributed by atoms with Crippen LogP contribution in [0.5, 0.6) is 0 Å². The molecule has 1 N–H and O–H groups in total. The molecule has 36 heavy (non-hydrogen) atoms. The summed E-state index contributed by atoms with van der Waals surface area (Å²) < 4.78 is 0. The Labute approximate surface area is 218 Å². The van der Waals surface area contributed by atoms with Gasteiger partial charge in [0.25, 0.3) is 5.91 Å². The summed E-state index contributed by atoms with van der Waals surface area (Å²) in [6, 6.07) is 25.9. The first-order valence-electron chi connectivity index (χ1n) is 11.7. The molecule has 0 radical (unpaired) electrons. The van der Waals surface area contributed by atoms with Crippen LogP contribution in [0, 0.1) is 18.4 Å². The van der Waals surface area contributed by atoms with Crippen molar-refractivity contribution in [1.29, 1.82) is 5.26 Å². The average Bonchev–Trinajstić information content (AvgIpc) is 3.62. The van der Waals surface area contributed by atoms with Gasteiger partial charge in [0.2, 0.25) is 12.2 Å². The second-order valence-electron chi connectivity index (χ2n) is 8.49. The number of guanidine groups is 1. The number of para-hydroxylation sites is 1. The maximum Gasteiger partial charge on any atom is 0.264 e. The summed E-state index contributed by atoms with van der Waals surface area (Å²) >= 11 is 3.21. The SMILES string of the molecule is Cc1ccccc1N/C(=N/C#N)N1CCN(C(=O)c2ccc(-c3cccs3)s2)C(c2ccccc2)C1. The number of thiophene rings is 2. The molecular formula is C28H25N5OS2. The van der Waals surface area contributed by atoms with Crippen molar-refractivity contribution >= 4 is 40.2 Å². The molecule has 1 aliphatic heterocycles. The summed E-state index contributed by atoms with van der Waals surface area (Å²) in [5.41, 5.74) is 3.02. The highest BCUT2D eigenvalue weighted by Crippen LogP contribution is 2.34. The fraction of sp³-hybridized carbons (Fsp3) is 0.179. The van der Waals surface area contributed by atoms with Gasteiger partial charge in [0, 0.05) is 35.1 Å². The van der Waals surface area contributed by atoms with Gasteiger partial charge >= 0.3 is 0 Å². The number of rotatable bonds is 4. The van der Waals surface area contributed by atoms with Crippen LogP contribution in [0.3, 0.4) is 0 Å². The molecule has 6 nitrogen and oxygen atoms in total. The Bertz CT molecular complexity index is 1410. The lowest BCUT2D eigenvalue weighted by Gasteiger charge is -2.42. The van der Waals surface area contributed by atoms with Gasteiger partial charge in [-0.15, -0.1) is 27.7 Å². The van der Waals surface area contributed by atoms with Crippen LogP contribution in [0.2, 0.25) is 0 Å². The number of nitrogens with zero attached hydrogens (tertiary/aromatic N) is 4. The molecule has 1 atom stereocenters. The van der Waals surface area contributed by atoms with Gasteiger partial charge in [0.1, 0.15) is 0 Å². The highest BCUT2D eigenvalue weighted by atomic mass is 32.1. The minimum atomic E-state index is -0.178. The number of anilines is 1. The molecular weight excluding hydrogens is 486 g/mol. The van der Waals surface area contributed by atoms with E-state index in [-0.39, 0.29) is 11.9 Å². The van der Waals surface area contributed by atoms with E-state index < -0.39 is 0 Å². The van der Waals surface area contributed by atoms with Crippen LogP contribution in [0.15, 0.2) is 89.2 Å². The quantitative estimate of drug-likeness (QED) is 0.200. The molecule has 180 valence electrons. The molecule has 1 unspecified atom stereocenters. The van der Waals surface area contributed by atoms with Gasteiger partial charge in [-0.2, -0.15) is 5.26 Å². The lowest BCUT2D eigenvalue weighted by Crippen LogP contribution is -2.53. The van der Waals surface area contributed by atoms with Crippen LogP contribution < -0.4 is 5.32 Å². The van der Waals surface area contributed by atoms with E-state index in [0.29, 0.717) is 25.6 Å². The summed E-state index contributed by atoms with van der Waals surface area (Å²) in [6.07, 6.45) is 1.94. The lowest BCUT2D eigenvalue weighted by atomic mass is 10.0. The zero-order valence-electron chi connectivity index (χ0n) is 19.8. The summed E-state index contributed by atoms with van der Waals surface area (Å²) in [6.45, 7) is 3.63. The van der Waals surface area contributed by atoms with Crippen molar-refractivity contribution in [2.45, 2.75) is 13.0 Å². The predicted octanol–water partition coefficient (Wildman–Crippen LogP) is 6.23. The van der Waals surface area contributed by atoms with E-state index in [1.807, 2.05) is 84.1 Å². The van der Waals surface area contributed by atoms with Crippen molar-refractivity contribution in [3.8, 4) is 15.9 Å². The van der Waals surface area contributed by atoms with Gasteiger partial charge in [-0.1, -0.05) is 54.6 Å². The first kappa shape index (κ1) is 23.8. The third kappa shape index (κ3) is 5.03. The molecule has 0 aliphatic carbocycles. The largest absolute Gasteiger partial charge is 0.338 e. The van der Waals surface area contributed by atoms with Gasteiger partial charge in [0.15, 0.2) is 0 Å². The van der Waals surface area contributed by atoms with Crippen LogP contribution in [0.1, 0.15) is 26.8 Å². The van der Waals surface area contributed by atoms with Crippen LogP contribution >= 0.6 is 22.7 Å². The molecule has 1 aliphatic rings. The summed E-state index contributed by atoms with van der Waals surface area (Å²) in [4.78, 5) is 24.9. The van der Waals surface area contributed by atoms with Crippen LogP contribution in [-0.4, -0.2) is 41.3 Å². The molecule has 0 bridgehead atoms. The van der Waals surface area contributed by atoms with E-state index in [4.69, 9.17) is 0 Å². The second kappa shape index (κ2) is 10.8. The van der Waals surface area contributed by atoms with E-state index in [9.17, 15) is 10.1 Å². The smallest absolute Gasteiger partial charge is 0.264 e. The van der Waals surface area contributed by atoms with Gasteiger partial charge in [0.05, 0.1) is 10.9 Å². The second-order valence-corrected chi connectivity index (χ2v) is 10.5. The van der Waals surface area contributed by atoms with Crippen molar-refractivity contribution in [2.75, 3.05) is 25.0 Å². The Morgan fingerprint density at radius 1 is 1.00 bits per heavy atom. The van der Waals surface area contributed by atoms with E-state index in [2.05, 4.69) is 33.4 Å². The Morgan fingerprint density at radius 3 is 2.56 bits per heavy atom. The summed E-state index contributed by atoms with van der Waals surface area (Å²) in [5, 5.41) is 14.8. The summed E-state index contributed by atoms with van der Waals surface area (Å²) in [5.74, 6) is 0.526. The van der Waals surface area contributed by atoms with Gasteiger partial charge in [-0.3, -0.25) is 4.79 Å². The van der Waals surface area contributed by atoms with Gasteiger partial charge in [-0.05, 0) is 47.7 Å². The van der Waals surface area contributed by atoms with Crippen molar-refractivity contribution in [3.63, 3.8) is 0 Å². The minimum Gasteiger partial charge on any atom is -0.338 e. The van der Waals surface area contributed by atoms with E-state index in [1.54, 1.807) is 11.3 Å². The maximum absolute atomic E-state index is 13.7. The molecule has 4 aromatic rings. The average molecular weight is 512 g/mol. The Hall–Kier alpha value is -3.93. The molecule has 2 aromatic heterocycles. The van der Waals surface area contributed by atoms with Crippen molar-refractivity contribution < 1.29 is 4.79 Å². The Kier molecular flexibility index (Phi) is 7.12. The van der Waals surface area contributed by atoms with Gasteiger partial charge < -0.3 is 15.1 Å². The molecule has 5 rings (SSSR count). The fourth-order valence-electron chi connectivity index (χ4n) is 4.38. The fourth-order valence-corrected chi connectivity index (χ4v) is 6.18. The third-order valence-corrected chi connectivity index (χ3v) is 8.39. The molecule has 0 saturated carbocycles. The number of aryl methyl sites for hydroxylation is 1. The van der Waals surface area contributed by atoms with Crippen molar-refractivity contribution in [3.05, 3.63) is 100 Å². The van der Waals surface area contributed by atoms with E-state index >= 15 is 0 Å². The Balaban J connectivity index is 1.42. The third-order valence-electron chi connectivity index (χ3n) is 6.25. The standard InChI is InChI=1S/C28H25N5OS2/c1-20-8-5-6-11-22(20)31-28(30-19-29)32-15-16-33(23(18-32)21-9-3-2-4-10-21)27(34)26-14-13-25(36-26)24-12-7-17-35-24/h2-14,17,23H,15-16,18H2,1H3,(H,30,31). The zero-order chi connectivity index (χ0) is 24.9. The molecule has 1 fully saturated rings. The topological polar surface area (TPSA) is 71.7 Å². The molecule has 1 amide bonds. The van der Waals surface area contributed by atoms with Crippen LogP contribution in [-0.2, 0) is 0 Å². The van der Waals surface area contributed by atoms with Gasteiger partial charge in [-0.25, -0.2) is 0 Å². The highest BCUT2D eigenvalue weighted by Gasteiger charge is 2.34.